The molecule has 29 heavy (non-hydrogen) atoms. The first-order valence-corrected chi connectivity index (χ1v) is 9.92. The van der Waals surface area contributed by atoms with Crippen LogP contribution in [0.3, 0.4) is 0 Å². The van der Waals surface area contributed by atoms with Gasteiger partial charge in [0.15, 0.2) is 0 Å². The van der Waals surface area contributed by atoms with Crippen molar-refractivity contribution < 1.29 is 18.8 Å². The second-order valence-electron chi connectivity index (χ2n) is 5.86. The monoisotopic (exact) mass is 453 g/mol. The normalized spacial score (nSPS) is 15.1. The number of carbonyl (C=O) groups is 3. The van der Waals surface area contributed by atoms with E-state index in [0.717, 1.165) is 16.7 Å². The van der Waals surface area contributed by atoms with Crippen molar-refractivity contribution in [1.82, 2.24) is 10.2 Å². The predicted octanol–water partition coefficient (Wildman–Crippen LogP) is 4.99. The summed E-state index contributed by atoms with van der Waals surface area (Å²) < 4.78 is 13.7. The molecule has 1 heterocycles. The first-order valence-electron chi connectivity index (χ1n) is 8.35. The van der Waals surface area contributed by atoms with Gasteiger partial charge < -0.3 is 10.6 Å². The minimum absolute atomic E-state index is 0.0198. The molecule has 0 bridgehead atoms. The summed E-state index contributed by atoms with van der Waals surface area (Å²) in [5.41, 5.74) is 0.660. The van der Waals surface area contributed by atoms with Gasteiger partial charge in [0, 0.05) is 24.3 Å². The zero-order chi connectivity index (χ0) is 21.0. The van der Waals surface area contributed by atoms with Gasteiger partial charge in [-0.05, 0) is 42.1 Å². The van der Waals surface area contributed by atoms with Crippen molar-refractivity contribution in [2.75, 3.05) is 18.4 Å². The topological polar surface area (TPSA) is 78.5 Å². The number of thioether (sulfide) groups is 1. The maximum absolute atomic E-state index is 13.7. The van der Waals surface area contributed by atoms with Crippen molar-refractivity contribution in [3.05, 3.63) is 68.8 Å². The van der Waals surface area contributed by atoms with Crippen LogP contribution in [-0.2, 0) is 4.79 Å². The van der Waals surface area contributed by atoms with Crippen LogP contribution in [0.2, 0.25) is 10.0 Å². The highest BCUT2D eigenvalue weighted by Crippen LogP contribution is 2.32. The first-order chi connectivity index (χ1) is 13.8. The maximum atomic E-state index is 13.7. The molecule has 0 unspecified atom stereocenters. The fourth-order valence-corrected chi connectivity index (χ4v) is 3.61. The molecular weight excluding hydrogens is 440 g/mol. The number of hydrogen-bond acceptors (Lipinski definition) is 4. The van der Waals surface area contributed by atoms with Gasteiger partial charge in [0.1, 0.15) is 5.82 Å². The molecule has 10 heteroatoms. The Bertz CT molecular complexity index is 1020. The maximum Gasteiger partial charge on any atom is 0.319 e. The van der Waals surface area contributed by atoms with Crippen LogP contribution in [0.15, 0.2) is 47.4 Å². The van der Waals surface area contributed by atoms with Crippen LogP contribution in [0.4, 0.5) is 19.7 Å². The number of amides is 4. The Morgan fingerprint density at radius 2 is 1.90 bits per heavy atom. The molecule has 1 fully saturated rings. The number of benzene rings is 2. The highest BCUT2D eigenvalue weighted by molar-refractivity contribution is 8.18. The lowest BCUT2D eigenvalue weighted by molar-refractivity contribution is -0.122. The van der Waals surface area contributed by atoms with Crippen molar-refractivity contribution >= 4 is 63.9 Å². The Kier molecular flexibility index (Phi) is 6.79. The molecule has 1 aliphatic rings. The Morgan fingerprint density at radius 1 is 1.14 bits per heavy atom. The quantitative estimate of drug-likeness (QED) is 0.624. The molecule has 0 aliphatic carbocycles. The number of nitrogens with one attached hydrogen (secondary N) is 2. The number of halogens is 3. The standard InChI is InChI=1S/C19H14Cl2FN3O3S/c20-13-6-5-12(10-14(13)21)24-18(27)23-7-8-25-17(26)16(29-19(25)28)9-11-3-1-2-4-15(11)22/h1-6,9-10H,7-8H2,(H2,23,24,27)/b16-9+. The lowest BCUT2D eigenvalue weighted by Crippen LogP contribution is -2.38. The van der Waals surface area contributed by atoms with E-state index in [0.29, 0.717) is 15.7 Å². The van der Waals surface area contributed by atoms with E-state index in [1.807, 2.05) is 0 Å². The minimum Gasteiger partial charge on any atom is -0.336 e. The average Bonchev–Trinajstić information content (AvgIpc) is 2.94. The van der Waals surface area contributed by atoms with Crippen molar-refractivity contribution in [1.29, 1.82) is 0 Å². The van der Waals surface area contributed by atoms with Crippen LogP contribution in [0.25, 0.3) is 6.08 Å². The van der Waals surface area contributed by atoms with Gasteiger partial charge in [0.2, 0.25) is 0 Å². The molecule has 150 valence electrons. The van der Waals surface area contributed by atoms with Crippen LogP contribution in [-0.4, -0.2) is 35.2 Å². The van der Waals surface area contributed by atoms with Gasteiger partial charge in [-0.1, -0.05) is 41.4 Å². The molecular formula is C19H14Cl2FN3O3S. The lowest BCUT2D eigenvalue weighted by Gasteiger charge is -2.13. The number of anilines is 1. The highest BCUT2D eigenvalue weighted by Gasteiger charge is 2.34. The van der Waals surface area contributed by atoms with E-state index in [-0.39, 0.29) is 23.6 Å². The fraction of sp³-hybridized carbons (Fsp3) is 0.105. The zero-order valence-electron chi connectivity index (χ0n) is 14.7. The molecule has 0 spiro atoms. The molecule has 2 N–H and O–H groups in total. The van der Waals surface area contributed by atoms with Gasteiger partial charge in [-0.2, -0.15) is 0 Å². The van der Waals surface area contributed by atoms with E-state index in [1.54, 1.807) is 18.2 Å². The van der Waals surface area contributed by atoms with E-state index in [2.05, 4.69) is 10.6 Å². The third-order valence-electron chi connectivity index (χ3n) is 3.86. The third kappa shape index (κ3) is 5.29. The first kappa shape index (κ1) is 21.2. The summed E-state index contributed by atoms with van der Waals surface area (Å²) in [4.78, 5) is 37.6. The SMILES string of the molecule is O=C(NCCN1C(=O)S/C(=C/c2ccccc2F)C1=O)Nc1ccc(Cl)c(Cl)c1. The summed E-state index contributed by atoms with van der Waals surface area (Å²) in [5, 5.41) is 5.29. The molecule has 1 aliphatic heterocycles. The van der Waals surface area contributed by atoms with Crippen molar-refractivity contribution in [3.8, 4) is 0 Å². The summed E-state index contributed by atoms with van der Waals surface area (Å²) in [6.07, 6.45) is 1.34. The molecule has 4 amide bonds. The van der Waals surface area contributed by atoms with E-state index < -0.39 is 23.0 Å². The van der Waals surface area contributed by atoms with Gasteiger partial charge in [-0.25, -0.2) is 9.18 Å². The van der Waals surface area contributed by atoms with E-state index >= 15 is 0 Å². The Labute approximate surface area is 180 Å². The van der Waals surface area contributed by atoms with E-state index in [9.17, 15) is 18.8 Å². The van der Waals surface area contributed by atoms with Crippen LogP contribution < -0.4 is 10.6 Å². The van der Waals surface area contributed by atoms with Crippen LogP contribution in [0.1, 0.15) is 5.56 Å². The number of urea groups is 1. The molecule has 2 aromatic rings. The lowest BCUT2D eigenvalue weighted by atomic mass is 10.2. The molecule has 3 rings (SSSR count). The molecule has 2 aromatic carbocycles. The molecule has 0 aromatic heterocycles. The Balaban J connectivity index is 1.54. The van der Waals surface area contributed by atoms with Crippen molar-refractivity contribution in [2.24, 2.45) is 0 Å². The number of nitrogens with zero attached hydrogens (tertiary/aromatic N) is 1. The average molecular weight is 454 g/mol. The predicted molar refractivity (Wildman–Crippen MR) is 113 cm³/mol. The molecule has 0 atom stereocenters. The number of hydrogen-bond donors (Lipinski definition) is 2. The number of carbonyl (C=O) groups excluding carboxylic acids is 3. The van der Waals surface area contributed by atoms with Gasteiger partial charge in [0.05, 0.1) is 15.0 Å². The van der Waals surface area contributed by atoms with Gasteiger partial charge in [-0.3, -0.25) is 14.5 Å². The summed E-state index contributed by atoms with van der Waals surface area (Å²) in [7, 11) is 0. The summed E-state index contributed by atoms with van der Waals surface area (Å²) >= 11 is 12.4. The molecule has 6 nitrogen and oxygen atoms in total. The Morgan fingerprint density at radius 3 is 2.62 bits per heavy atom. The molecule has 0 radical (unpaired) electrons. The van der Waals surface area contributed by atoms with Crippen LogP contribution in [0, 0.1) is 5.82 Å². The second kappa shape index (κ2) is 9.30. The van der Waals surface area contributed by atoms with Crippen molar-refractivity contribution in [3.63, 3.8) is 0 Å². The number of rotatable bonds is 5. The van der Waals surface area contributed by atoms with Gasteiger partial charge in [0.25, 0.3) is 11.1 Å². The molecule has 0 saturated carbocycles. The summed E-state index contributed by atoms with van der Waals surface area (Å²) in [5.74, 6) is -1.02. The van der Waals surface area contributed by atoms with Gasteiger partial charge >= 0.3 is 6.03 Å². The van der Waals surface area contributed by atoms with E-state index in [1.165, 1.54) is 30.3 Å². The van der Waals surface area contributed by atoms with Crippen LogP contribution >= 0.6 is 35.0 Å². The largest absolute Gasteiger partial charge is 0.336 e. The third-order valence-corrected chi connectivity index (χ3v) is 5.51. The second-order valence-corrected chi connectivity index (χ2v) is 7.67. The smallest absolute Gasteiger partial charge is 0.319 e. The number of imide groups is 1. The van der Waals surface area contributed by atoms with Gasteiger partial charge in [-0.15, -0.1) is 0 Å². The summed E-state index contributed by atoms with van der Waals surface area (Å²) in [6, 6.07) is 10.0. The highest BCUT2D eigenvalue weighted by atomic mass is 35.5. The Hall–Kier alpha value is -2.55. The summed E-state index contributed by atoms with van der Waals surface area (Å²) in [6.45, 7) is 0.0201. The zero-order valence-corrected chi connectivity index (χ0v) is 17.1. The molecule has 1 saturated heterocycles. The van der Waals surface area contributed by atoms with Crippen molar-refractivity contribution in [2.45, 2.75) is 0 Å². The van der Waals surface area contributed by atoms with Crippen LogP contribution in [0.5, 0.6) is 0 Å². The van der Waals surface area contributed by atoms with E-state index in [4.69, 9.17) is 23.2 Å². The fourth-order valence-electron chi connectivity index (χ4n) is 2.46. The minimum atomic E-state index is -0.532.